The third-order valence-corrected chi connectivity index (χ3v) is 3.35. The number of carbonyl (C=O) groups excluding carboxylic acids is 2. The molecule has 6 nitrogen and oxygen atoms in total. The molecule has 0 aliphatic rings. The van der Waals surface area contributed by atoms with E-state index in [1.165, 1.54) is 0 Å². The van der Waals surface area contributed by atoms with E-state index in [-0.39, 0.29) is 19.1 Å². The van der Waals surface area contributed by atoms with E-state index in [0.29, 0.717) is 6.54 Å². The highest BCUT2D eigenvalue weighted by Gasteiger charge is 2.14. The zero-order valence-corrected chi connectivity index (χ0v) is 13.7. The van der Waals surface area contributed by atoms with Crippen LogP contribution in [0.15, 0.2) is 30.3 Å². The van der Waals surface area contributed by atoms with Crippen LogP contribution in [0.25, 0.3) is 0 Å². The van der Waals surface area contributed by atoms with Gasteiger partial charge in [-0.2, -0.15) is 0 Å². The molecule has 0 saturated carbocycles. The van der Waals surface area contributed by atoms with Gasteiger partial charge < -0.3 is 21.1 Å². The molecule has 1 aromatic rings. The third kappa shape index (κ3) is 8.83. The van der Waals surface area contributed by atoms with Gasteiger partial charge >= 0.3 is 6.09 Å². The van der Waals surface area contributed by atoms with Gasteiger partial charge in [-0.1, -0.05) is 56.5 Å². The van der Waals surface area contributed by atoms with Crippen molar-refractivity contribution in [1.82, 2.24) is 10.6 Å². The Balaban J connectivity index is 2.12. The van der Waals surface area contributed by atoms with Crippen molar-refractivity contribution >= 4 is 12.0 Å². The summed E-state index contributed by atoms with van der Waals surface area (Å²) >= 11 is 0. The Morgan fingerprint density at radius 1 is 1.13 bits per heavy atom. The molecule has 0 unspecified atom stereocenters. The van der Waals surface area contributed by atoms with Gasteiger partial charge in [0.15, 0.2) is 0 Å². The van der Waals surface area contributed by atoms with E-state index in [2.05, 4.69) is 17.6 Å². The molecule has 0 radical (unpaired) electrons. The van der Waals surface area contributed by atoms with Crippen molar-refractivity contribution in [2.24, 2.45) is 5.73 Å². The molecule has 0 bridgehead atoms. The molecule has 0 saturated heterocycles. The molecule has 2 amide bonds. The number of alkyl carbamates (subject to hydrolysis) is 1. The summed E-state index contributed by atoms with van der Waals surface area (Å²) in [7, 11) is 0. The van der Waals surface area contributed by atoms with E-state index >= 15 is 0 Å². The fourth-order valence-corrected chi connectivity index (χ4v) is 1.95. The van der Waals surface area contributed by atoms with Crippen LogP contribution in [-0.2, 0) is 16.1 Å². The van der Waals surface area contributed by atoms with Crippen molar-refractivity contribution in [3.05, 3.63) is 35.9 Å². The average Bonchev–Trinajstić information content (AvgIpc) is 2.58. The summed E-state index contributed by atoms with van der Waals surface area (Å²) in [5.74, 6) is -0.259. The van der Waals surface area contributed by atoms with Gasteiger partial charge in [0.25, 0.3) is 0 Å². The number of nitrogens with two attached hydrogens (primary N) is 1. The highest BCUT2D eigenvalue weighted by atomic mass is 16.5. The molecule has 6 heteroatoms. The van der Waals surface area contributed by atoms with Crippen LogP contribution in [-0.4, -0.2) is 31.1 Å². The van der Waals surface area contributed by atoms with Gasteiger partial charge in [-0.25, -0.2) is 4.79 Å². The van der Waals surface area contributed by atoms with E-state index in [1.54, 1.807) is 0 Å². The predicted molar refractivity (Wildman–Crippen MR) is 89.8 cm³/mol. The number of nitrogens with one attached hydrogen (secondary N) is 2. The zero-order valence-electron chi connectivity index (χ0n) is 13.7. The maximum absolute atomic E-state index is 11.7. The van der Waals surface area contributed by atoms with Crippen LogP contribution >= 0.6 is 0 Å². The molecule has 1 atom stereocenters. The van der Waals surface area contributed by atoms with Gasteiger partial charge in [-0.05, 0) is 12.0 Å². The monoisotopic (exact) mass is 321 g/mol. The second-order valence-electron chi connectivity index (χ2n) is 5.40. The molecule has 1 aromatic carbocycles. The van der Waals surface area contributed by atoms with Gasteiger partial charge in [0.2, 0.25) is 5.91 Å². The average molecular weight is 321 g/mol. The molecule has 1 rings (SSSR count). The molecule has 23 heavy (non-hydrogen) atoms. The Bertz CT molecular complexity index is 465. The van der Waals surface area contributed by atoms with Crippen LogP contribution in [0.3, 0.4) is 0 Å². The van der Waals surface area contributed by atoms with Gasteiger partial charge in [-0.3, -0.25) is 4.79 Å². The van der Waals surface area contributed by atoms with Crippen molar-refractivity contribution < 1.29 is 14.3 Å². The van der Waals surface area contributed by atoms with Gasteiger partial charge in [0.05, 0.1) is 0 Å². The second-order valence-corrected chi connectivity index (χ2v) is 5.40. The van der Waals surface area contributed by atoms with Crippen molar-refractivity contribution in [2.45, 2.75) is 45.3 Å². The van der Waals surface area contributed by atoms with Gasteiger partial charge in [0, 0.05) is 13.1 Å². The summed E-state index contributed by atoms with van der Waals surface area (Å²) in [6, 6.07) is 8.60. The van der Waals surface area contributed by atoms with Crippen LogP contribution in [0.2, 0.25) is 0 Å². The van der Waals surface area contributed by atoms with E-state index in [9.17, 15) is 9.59 Å². The maximum Gasteiger partial charge on any atom is 0.407 e. The van der Waals surface area contributed by atoms with Crippen LogP contribution < -0.4 is 16.4 Å². The molecule has 0 spiro atoms. The summed E-state index contributed by atoms with van der Waals surface area (Å²) in [5.41, 5.74) is 6.63. The summed E-state index contributed by atoms with van der Waals surface area (Å²) < 4.78 is 5.05. The van der Waals surface area contributed by atoms with E-state index in [1.807, 2.05) is 30.3 Å². The molecule has 0 heterocycles. The minimum absolute atomic E-state index is 0.0500. The zero-order chi connectivity index (χ0) is 16.9. The first-order valence-electron chi connectivity index (χ1n) is 8.11. The van der Waals surface area contributed by atoms with Crippen molar-refractivity contribution in [2.75, 3.05) is 13.1 Å². The Hall–Kier alpha value is -2.08. The summed E-state index contributed by atoms with van der Waals surface area (Å²) in [5, 5.41) is 5.26. The Morgan fingerprint density at radius 3 is 2.57 bits per heavy atom. The first-order chi connectivity index (χ1) is 11.1. The number of benzene rings is 1. The number of carbonyl (C=O) groups is 2. The lowest BCUT2D eigenvalue weighted by Crippen LogP contribution is -2.48. The van der Waals surface area contributed by atoms with E-state index in [4.69, 9.17) is 10.5 Å². The predicted octanol–water partition coefficient (Wildman–Crippen LogP) is 1.94. The van der Waals surface area contributed by atoms with Crippen molar-refractivity contribution in [3.8, 4) is 0 Å². The Morgan fingerprint density at radius 2 is 1.87 bits per heavy atom. The van der Waals surface area contributed by atoms with E-state index < -0.39 is 12.1 Å². The molecule has 0 fully saturated rings. The number of hydrogen-bond donors (Lipinski definition) is 3. The molecular formula is C17H27N3O3. The topological polar surface area (TPSA) is 93.5 Å². The van der Waals surface area contributed by atoms with Crippen molar-refractivity contribution in [3.63, 3.8) is 0 Å². The molecular weight excluding hydrogens is 294 g/mol. The highest BCUT2D eigenvalue weighted by molar-refractivity contribution is 5.82. The SMILES string of the molecule is CCCCCCNC(=O)[C@@H](N)CNC(=O)OCc1ccccc1. The van der Waals surface area contributed by atoms with Gasteiger partial charge in [-0.15, -0.1) is 0 Å². The normalized spacial score (nSPS) is 11.6. The lowest BCUT2D eigenvalue weighted by molar-refractivity contribution is -0.122. The molecule has 4 N–H and O–H groups in total. The van der Waals surface area contributed by atoms with Gasteiger partial charge in [0.1, 0.15) is 12.6 Å². The summed E-state index contributed by atoms with van der Waals surface area (Å²) in [6.45, 7) is 2.99. The number of unbranched alkanes of at least 4 members (excludes halogenated alkanes) is 3. The standard InChI is InChI=1S/C17H27N3O3/c1-2-3-4-8-11-19-16(21)15(18)12-20-17(22)23-13-14-9-6-5-7-10-14/h5-7,9-10,15H,2-4,8,11-13,18H2,1H3,(H,19,21)(H,20,22)/t15-/m0/s1. The lowest BCUT2D eigenvalue weighted by Gasteiger charge is -2.13. The summed E-state index contributed by atoms with van der Waals surface area (Å²) in [4.78, 5) is 23.3. The van der Waals surface area contributed by atoms with Crippen LogP contribution in [0, 0.1) is 0 Å². The fourth-order valence-electron chi connectivity index (χ4n) is 1.95. The Kier molecular flexibility index (Phi) is 9.47. The second kappa shape index (κ2) is 11.5. The lowest BCUT2D eigenvalue weighted by atomic mass is 10.2. The number of amides is 2. The Labute approximate surface area is 137 Å². The largest absolute Gasteiger partial charge is 0.445 e. The van der Waals surface area contributed by atoms with Crippen LogP contribution in [0.1, 0.15) is 38.2 Å². The first-order valence-corrected chi connectivity index (χ1v) is 8.11. The maximum atomic E-state index is 11.7. The quantitative estimate of drug-likeness (QED) is 0.574. The molecule has 128 valence electrons. The highest BCUT2D eigenvalue weighted by Crippen LogP contribution is 2.00. The number of rotatable bonds is 10. The van der Waals surface area contributed by atoms with Crippen LogP contribution in [0.4, 0.5) is 4.79 Å². The minimum atomic E-state index is -0.773. The van der Waals surface area contributed by atoms with E-state index in [0.717, 1.165) is 31.2 Å². The summed E-state index contributed by atoms with van der Waals surface area (Å²) in [6.07, 6.45) is 3.77. The molecule has 0 aromatic heterocycles. The molecule has 0 aliphatic carbocycles. The smallest absolute Gasteiger partial charge is 0.407 e. The third-order valence-electron chi connectivity index (χ3n) is 3.35. The fraction of sp³-hybridized carbons (Fsp3) is 0.529. The minimum Gasteiger partial charge on any atom is -0.445 e. The number of hydrogen-bond acceptors (Lipinski definition) is 4. The van der Waals surface area contributed by atoms with Crippen molar-refractivity contribution in [1.29, 1.82) is 0 Å². The first kappa shape index (κ1) is 19.0. The number of ether oxygens (including phenoxy) is 1. The van der Waals surface area contributed by atoms with Crippen LogP contribution in [0.5, 0.6) is 0 Å². The molecule has 0 aliphatic heterocycles.